The van der Waals surface area contributed by atoms with Gasteiger partial charge in [0.05, 0.1) is 0 Å². The van der Waals surface area contributed by atoms with Gasteiger partial charge < -0.3 is 5.32 Å². The third-order valence-corrected chi connectivity index (χ3v) is 4.71. The molecule has 2 atom stereocenters. The number of nitrogens with one attached hydrogen (secondary N) is 1. The van der Waals surface area contributed by atoms with E-state index in [-0.39, 0.29) is 0 Å². The molecule has 0 amide bonds. The SMILES string of the molecule is Cc1cc(C(C)C)c2c(c1C)NC(C)CC2C(C)C. The maximum Gasteiger partial charge on any atom is 0.0413 e. The summed E-state index contributed by atoms with van der Waals surface area (Å²) in [4.78, 5) is 0. The minimum absolute atomic E-state index is 0.584. The van der Waals surface area contributed by atoms with E-state index in [1.807, 2.05) is 0 Å². The van der Waals surface area contributed by atoms with Crippen molar-refractivity contribution in [3.63, 3.8) is 0 Å². The highest BCUT2D eigenvalue weighted by molar-refractivity contribution is 5.66. The highest BCUT2D eigenvalue weighted by Crippen LogP contribution is 2.45. The Bertz CT molecular complexity index is 471. The zero-order valence-corrected chi connectivity index (χ0v) is 13.6. The van der Waals surface area contributed by atoms with E-state index in [0.29, 0.717) is 23.8 Å². The van der Waals surface area contributed by atoms with Crippen molar-refractivity contribution in [3.05, 3.63) is 28.3 Å². The number of hydrogen-bond donors (Lipinski definition) is 1. The molecule has 0 bridgehead atoms. The van der Waals surface area contributed by atoms with E-state index in [1.54, 1.807) is 11.1 Å². The van der Waals surface area contributed by atoms with Crippen LogP contribution < -0.4 is 5.32 Å². The molecule has 2 rings (SSSR count). The van der Waals surface area contributed by atoms with E-state index in [9.17, 15) is 0 Å². The molecule has 1 aliphatic rings. The molecule has 0 saturated heterocycles. The van der Waals surface area contributed by atoms with Crippen molar-refractivity contribution in [3.8, 4) is 0 Å². The fourth-order valence-corrected chi connectivity index (χ4v) is 3.44. The predicted molar refractivity (Wildman–Crippen MR) is 85.3 cm³/mol. The number of aryl methyl sites for hydroxylation is 1. The molecular weight excluding hydrogens is 230 g/mol. The summed E-state index contributed by atoms with van der Waals surface area (Å²) in [6.07, 6.45) is 1.26. The third kappa shape index (κ3) is 2.52. The minimum atomic E-state index is 0.584. The molecule has 19 heavy (non-hydrogen) atoms. The minimum Gasteiger partial charge on any atom is -0.382 e. The molecule has 0 spiro atoms. The average Bonchev–Trinajstić information content (AvgIpc) is 2.32. The monoisotopic (exact) mass is 259 g/mol. The van der Waals surface area contributed by atoms with Crippen LogP contribution in [0.4, 0.5) is 5.69 Å². The van der Waals surface area contributed by atoms with E-state index in [0.717, 1.165) is 0 Å². The molecule has 0 aromatic heterocycles. The lowest BCUT2D eigenvalue weighted by atomic mass is 9.74. The van der Waals surface area contributed by atoms with E-state index >= 15 is 0 Å². The predicted octanol–water partition coefficient (Wildman–Crippen LogP) is 5.37. The van der Waals surface area contributed by atoms with Crippen LogP contribution >= 0.6 is 0 Å². The van der Waals surface area contributed by atoms with Crippen molar-refractivity contribution in [1.29, 1.82) is 0 Å². The van der Waals surface area contributed by atoms with Gasteiger partial charge in [0.2, 0.25) is 0 Å². The first-order valence-electron chi connectivity index (χ1n) is 7.73. The van der Waals surface area contributed by atoms with Crippen molar-refractivity contribution >= 4 is 5.69 Å². The first-order valence-corrected chi connectivity index (χ1v) is 7.73. The van der Waals surface area contributed by atoms with E-state index in [1.165, 1.54) is 23.2 Å². The molecule has 1 aromatic carbocycles. The lowest BCUT2D eigenvalue weighted by Crippen LogP contribution is -2.29. The van der Waals surface area contributed by atoms with Crippen LogP contribution in [0.3, 0.4) is 0 Å². The summed E-state index contributed by atoms with van der Waals surface area (Å²) in [5.74, 6) is 2.01. The molecule has 2 unspecified atom stereocenters. The number of benzene rings is 1. The summed E-state index contributed by atoms with van der Waals surface area (Å²) < 4.78 is 0. The molecule has 1 aliphatic heterocycles. The topological polar surface area (TPSA) is 12.0 Å². The normalized spacial score (nSPS) is 22.6. The number of hydrogen-bond acceptors (Lipinski definition) is 1. The Morgan fingerprint density at radius 3 is 2.32 bits per heavy atom. The van der Waals surface area contributed by atoms with Gasteiger partial charge in [-0.15, -0.1) is 0 Å². The number of rotatable bonds is 2. The summed E-state index contributed by atoms with van der Waals surface area (Å²) in [6, 6.07) is 3.01. The van der Waals surface area contributed by atoms with Crippen molar-refractivity contribution in [2.24, 2.45) is 5.92 Å². The molecule has 1 N–H and O–H groups in total. The molecule has 0 aliphatic carbocycles. The number of fused-ring (bicyclic) bond motifs is 1. The molecule has 0 saturated carbocycles. The van der Waals surface area contributed by atoms with Crippen molar-refractivity contribution in [2.45, 2.75) is 72.8 Å². The first-order chi connectivity index (χ1) is 8.82. The Labute approximate surface area is 118 Å². The van der Waals surface area contributed by atoms with Gasteiger partial charge in [-0.1, -0.05) is 33.8 Å². The lowest BCUT2D eigenvalue weighted by molar-refractivity contribution is 0.431. The molecule has 1 nitrogen and oxygen atoms in total. The first kappa shape index (κ1) is 14.4. The molecule has 0 radical (unpaired) electrons. The Kier molecular flexibility index (Phi) is 3.94. The molecule has 1 heterocycles. The van der Waals surface area contributed by atoms with Gasteiger partial charge >= 0.3 is 0 Å². The fraction of sp³-hybridized carbons (Fsp3) is 0.667. The smallest absolute Gasteiger partial charge is 0.0413 e. The van der Waals surface area contributed by atoms with Gasteiger partial charge in [0.15, 0.2) is 0 Å². The molecule has 1 heteroatoms. The van der Waals surface area contributed by atoms with Crippen molar-refractivity contribution in [1.82, 2.24) is 0 Å². The van der Waals surface area contributed by atoms with Gasteiger partial charge in [0.1, 0.15) is 0 Å². The maximum atomic E-state index is 3.75. The van der Waals surface area contributed by atoms with Crippen LogP contribution in [0, 0.1) is 19.8 Å². The summed E-state index contributed by atoms with van der Waals surface area (Å²) in [6.45, 7) is 16.2. The van der Waals surface area contributed by atoms with E-state index < -0.39 is 0 Å². The van der Waals surface area contributed by atoms with E-state index in [2.05, 4.69) is 59.8 Å². The molecular formula is C18H29N. The Morgan fingerprint density at radius 2 is 1.79 bits per heavy atom. The Morgan fingerprint density at radius 1 is 1.16 bits per heavy atom. The van der Waals surface area contributed by atoms with Crippen LogP contribution in [0.15, 0.2) is 6.07 Å². The molecule has 1 aromatic rings. The van der Waals surface area contributed by atoms with Crippen LogP contribution in [0.1, 0.15) is 75.1 Å². The van der Waals surface area contributed by atoms with Crippen LogP contribution in [0.5, 0.6) is 0 Å². The van der Waals surface area contributed by atoms with Gasteiger partial charge in [0, 0.05) is 11.7 Å². The van der Waals surface area contributed by atoms with Gasteiger partial charge in [-0.3, -0.25) is 0 Å². The quantitative estimate of drug-likeness (QED) is 0.753. The van der Waals surface area contributed by atoms with Crippen LogP contribution in [0.25, 0.3) is 0 Å². The standard InChI is InChI=1S/C18H29N/c1-10(2)15-8-12(5)14(7)18-17(15)16(11(3)4)9-13(6)19-18/h8,10-11,13,16,19H,9H2,1-7H3. The van der Waals surface area contributed by atoms with Gasteiger partial charge in [-0.05, 0) is 67.2 Å². The second-order valence-electron chi connectivity index (χ2n) is 6.98. The van der Waals surface area contributed by atoms with Crippen molar-refractivity contribution < 1.29 is 0 Å². The highest BCUT2D eigenvalue weighted by atomic mass is 14.9. The van der Waals surface area contributed by atoms with Gasteiger partial charge in [-0.25, -0.2) is 0 Å². The highest BCUT2D eigenvalue weighted by Gasteiger charge is 2.31. The Balaban J connectivity index is 2.68. The van der Waals surface area contributed by atoms with Crippen molar-refractivity contribution in [2.75, 3.05) is 5.32 Å². The van der Waals surface area contributed by atoms with Gasteiger partial charge in [0.25, 0.3) is 0 Å². The molecule has 0 fully saturated rings. The zero-order chi connectivity index (χ0) is 14.3. The van der Waals surface area contributed by atoms with Crippen LogP contribution in [0.2, 0.25) is 0 Å². The van der Waals surface area contributed by atoms with Crippen LogP contribution in [-0.4, -0.2) is 6.04 Å². The second kappa shape index (κ2) is 5.19. The second-order valence-corrected chi connectivity index (χ2v) is 6.98. The lowest BCUT2D eigenvalue weighted by Gasteiger charge is -2.37. The summed E-state index contributed by atoms with van der Waals surface area (Å²) in [7, 11) is 0. The average molecular weight is 259 g/mol. The Hall–Kier alpha value is -0.980. The summed E-state index contributed by atoms with van der Waals surface area (Å²) in [5, 5.41) is 3.75. The zero-order valence-electron chi connectivity index (χ0n) is 13.6. The van der Waals surface area contributed by atoms with Crippen LogP contribution in [-0.2, 0) is 0 Å². The third-order valence-electron chi connectivity index (χ3n) is 4.71. The maximum absolute atomic E-state index is 3.75. The van der Waals surface area contributed by atoms with E-state index in [4.69, 9.17) is 0 Å². The summed E-state index contributed by atoms with van der Waals surface area (Å²) in [5.41, 5.74) is 7.45. The molecule has 106 valence electrons. The number of anilines is 1. The fourth-order valence-electron chi connectivity index (χ4n) is 3.44. The van der Waals surface area contributed by atoms with Gasteiger partial charge in [-0.2, -0.15) is 0 Å². The largest absolute Gasteiger partial charge is 0.382 e. The summed E-state index contributed by atoms with van der Waals surface area (Å²) >= 11 is 0.